The van der Waals surface area contributed by atoms with Crippen LogP contribution in [-0.2, 0) is 11.2 Å². The number of carbonyl (C=O) groups is 1. The molecule has 0 radical (unpaired) electrons. The minimum Gasteiger partial charge on any atom is -0.486 e. The molecule has 17 heavy (non-hydrogen) atoms. The molecular weight excluding hydrogens is 234 g/mol. The van der Waals surface area contributed by atoms with Gasteiger partial charge in [0.05, 0.1) is 6.42 Å². The van der Waals surface area contributed by atoms with Crippen molar-refractivity contribution in [3.8, 4) is 11.5 Å². The number of carboxylic acids is 1. The van der Waals surface area contributed by atoms with Crippen LogP contribution in [0, 0.1) is 0 Å². The van der Waals surface area contributed by atoms with Crippen LogP contribution in [0.3, 0.4) is 0 Å². The highest BCUT2D eigenvalue weighted by Gasteiger charge is 2.40. The van der Waals surface area contributed by atoms with Crippen LogP contribution < -0.4 is 9.47 Å². The van der Waals surface area contributed by atoms with Crippen molar-refractivity contribution in [2.45, 2.75) is 12.3 Å². The van der Waals surface area contributed by atoms with Crippen LogP contribution in [0.5, 0.6) is 11.5 Å². The fourth-order valence-electron chi connectivity index (χ4n) is 1.59. The standard InChI is InChI=1S/C11H10F2O4/c12-11(13,10(14)15)6-7-2-1-3-8-9(7)17-5-4-16-8/h1-3H,4-6H2,(H,14,15). The molecule has 0 saturated heterocycles. The number of alkyl halides is 2. The van der Waals surface area contributed by atoms with E-state index in [1.807, 2.05) is 0 Å². The molecule has 0 amide bonds. The molecule has 1 aliphatic heterocycles. The van der Waals surface area contributed by atoms with Gasteiger partial charge in [-0.25, -0.2) is 4.79 Å². The van der Waals surface area contributed by atoms with E-state index in [2.05, 4.69) is 0 Å². The molecule has 1 aliphatic rings. The Balaban J connectivity index is 2.30. The van der Waals surface area contributed by atoms with Gasteiger partial charge in [0.25, 0.3) is 0 Å². The number of fused-ring (bicyclic) bond motifs is 1. The van der Waals surface area contributed by atoms with Crippen LogP contribution >= 0.6 is 0 Å². The Morgan fingerprint density at radius 3 is 2.76 bits per heavy atom. The lowest BCUT2D eigenvalue weighted by Crippen LogP contribution is -2.31. The highest BCUT2D eigenvalue weighted by molar-refractivity contribution is 5.76. The van der Waals surface area contributed by atoms with E-state index in [9.17, 15) is 13.6 Å². The lowest BCUT2D eigenvalue weighted by atomic mass is 10.1. The summed E-state index contributed by atoms with van der Waals surface area (Å²) in [6.45, 7) is 0.619. The van der Waals surface area contributed by atoms with Gasteiger partial charge in [0, 0.05) is 5.56 Å². The van der Waals surface area contributed by atoms with Crippen LogP contribution in [0.1, 0.15) is 5.56 Å². The number of ether oxygens (including phenoxy) is 2. The molecule has 1 N–H and O–H groups in total. The number of rotatable bonds is 3. The second-order valence-corrected chi connectivity index (χ2v) is 3.63. The molecule has 0 aliphatic carbocycles. The lowest BCUT2D eigenvalue weighted by molar-refractivity contribution is -0.164. The summed E-state index contributed by atoms with van der Waals surface area (Å²) in [5.74, 6) is -5.38. The molecular formula is C11H10F2O4. The van der Waals surface area contributed by atoms with E-state index in [1.54, 1.807) is 6.07 Å². The average molecular weight is 244 g/mol. The summed E-state index contributed by atoms with van der Waals surface area (Å²) in [5, 5.41) is 8.38. The fourth-order valence-corrected chi connectivity index (χ4v) is 1.59. The first-order chi connectivity index (χ1) is 8.00. The highest BCUT2D eigenvalue weighted by atomic mass is 19.3. The van der Waals surface area contributed by atoms with E-state index in [4.69, 9.17) is 14.6 Å². The van der Waals surface area contributed by atoms with E-state index in [-0.39, 0.29) is 17.9 Å². The smallest absolute Gasteiger partial charge is 0.374 e. The van der Waals surface area contributed by atoms with Gasteiger partial charge in [-0.15, -0.1) is 0 Å². The highest BCUT2D eigenvalue weighted by Crippen LogP contribution is 2.36. The lowest BCUT2D eigenvalue weighted by Gasteiger charge is -2.22. The van der Waals surface area contributed by atoms with Crippen molar-refractivity contribution in [2.75, 3.05) is 13.2 Å². The van der Waals surface area contributed by atoms with E-state index in [0.717, 1.165) is 0 Å². The second-order valence-electron chi connectivity index (χ2n) is 3.63. The van der Waals surface area contributed by atoms with Crippen molar-refractivity contribution >= 4 is 5.97 Å². The Morgan fingerprint density at radius 2 is 2.06 bits per heavy atom. The van der Waals surface area contributed by atoms with Gasteiger partial charge in [0.15, 0.2) is 11.5 Å². The summed E-state index contributed by atoms with van der Waals surface area (Å²) >= 11 is 0. The monoisotopic (exact) mass is 244 g/mol. The zero-order chi connectivity index (χ0) is 12.5. The third-order valence-electron chi connectivity index (χ3n) is 2.37. The largest absolute Gasteiger partial charge is 0.486 e. The second kappa shape index (κ2) is 4.20. The molecule has 1 aromatic carbocycles. The molecule has 0 fully saturated rings. The molecule has 0 unspecified atom stereocenters. The van der Waals surface area contributed by atoms with E-state index in [1.165, 1.54) is 12.1 Å². The zero-order valence-electron chi connectivity index (χ0n) is 8.78. The predicted octanol–water partition coefficient (Wildman–Crippen LogP) is 1.72. The summed E-state index contributed by atoms with van der Waals surface area (Å²) in [5.41, 5.74) is 0.134. The Bertz CT molecular complexity index is 445. The third kappa shape index (κ3) is 2.30. The summed E-state index contributed by atoms with van der Waals surface area (Å²) in [4.78, 5) is 10.4. The zero-order valence-corrected chi connectivity index (χ0v) is 8.78. The molecule has 6 heteroatoms. The summed E-state index contributed by atoms with van der Waals surface area (Å²) < 4.78 is 36.7. The maximum Gasteiger partial charge on any atom is 0.374 e. The average Bonchev–Trinajstić information content (AvgIpc) is 2.29. The Labute approximate surface area is 95.8 Å². The van der Waals surface area contributed by atoms with Gasteiger partial charge >= 0.3 is 11.9 Å². The Morgan fingerprint density at radius 1 is 1.35 bits per heavy atom. The Hall–Kier alpha value is -1.85. The maximum atomic E-state index is 13.1. The van der Waals surface area contributed by atoms with E-state index in [0.29, 0.717) is 12.4 Å². The molecule has 0 bridgehead atoms. The normalized spacial score (nSPS) is 14.5. The van der Waals surface area contributed by atoms with Gasteiger partial charge in [-0.1, -0.05) is 12.1 Å². The van der Waals surface area contributed by atoms with Gasteiger partial charge in [-0.2, -0.15) is 8.78 Å². The third-order valence-corrected chi connectivity index (χ3v) is 2.37. The van der Waals surface area contributed by atoms with Crippen LogP contribution in [0.25, 0.3) is 0 Å². The van der Waals surface area contributed by atoms with Gasteiger partial charge in [-0.05, 0) is 6.07 Å². The summed E-state index contributed by atoms with van der Waals surface area (Å²) in [7, 11) is 0. The number of aliphatic carboxylic acids is 1. The molecule has 0 spiro atoms. The van der Waals surface area contributed by atoms with Crippen molar-refractivity contribution < 1.29 is 28.2 Å². The van der Waals surface area contributed by atoms with Crippen LogP contribution in [0.2, 0.25) is 0 Å². The summed E-state index contributed by atoms with van der Waals surface area (Å²) in [6, 6.07) is 4.53. The van der Waals surface area contributed by atoms with Gasteiger partial charge < -0.3 is 14.6 Å². The van der Waals surface area contributed by atoms with Gasteiger partial charge in [0.1, 0.15) is 13.2 Å². The minimum atomic E-state index is -3.81. The molecule has 0 aromatic heterocycles. The summed E-state index contributed by atoms with van der Waals surface area (Å²) in [6.07, 6.45) is -0.908. The SMILES string of the molecule is O=C(O)C(F)(F)Cc1cccc2c1OCCO2. The van der Waals surface area contributed by atoms with E-state index >= 15 is 0 Å². The first-order valence-corrected chi connectivity index (χ1v) is 4.99. The predicted molar refractivity (Wildman–Crippen MR) is 53.7 cm³/mol. The van der Waals surface area contributed by atoms with Gasteiger partial charge in [0.2, 0.25) is 0 Å². The molecule has 0 atom stereocenters. The van der Waals surface area contributed by atoms with Crippen molar-refractivity contribution in [2.24, 2.45) is 0 Å². The minimum absolute atomic E-state index is 0.134. The van der Waals surface area contributed by atoms with Crippen molar-refractivity contribution in [1.29, 1.82) is 0 Å². The quantitative estimate of drug-likeness (QED) is 0.879. The number of halogens is 2. The number of hydrogen-bond acceptors (Lipinski definition) is 3. The Kier molecular flexibility index (Phi) is 2.87. The molecule has 0 saturated carbocycles. The fraction of sp³-hybridized carbons (Fsp3) is 0.364. The van der Waals surface area contributed by atoms with Gasteiger partial charge in [-0.3, -0.25) is 0 Å². The first kappa shape index (κ1) is 11.6. The molecule has 4 nitrogen and oxygen atoms in total. The van der Waals surface area contributed by atoms with Crippen LogP contribution in [-0.4, -0.2) is 30.2 Å². The van der Waals surface area contributed by atoms with Crippen LogP contribution in [0.15, 0.2) is 18.2 Å². The number of hydrogen-bond donors (Lipinski definition) is 1. The van der Waals surface area contributed by atoms with E-state index < -0.39 is 18.3 Å². The molecule has 2 rings (SSSR count). The van der Waals surface area contributed by atoms with Crippen LogP contribution in [0.4, 0.5) is 8.78 Å². The number of benzene rings is 1. The molecule has 1 aromatic rings. The molecule has 1 heterocycles. The maximum absolute atomic E-state index is 13.1. The first-order valence-electron chi connectivity index (χ1n) is 4.99. The molecule has 92 valence electrons. The van der Waals surface area contributed by atoms with Crippen molar-refractivity contribution in [1.82, 2.24) is 0 Å². The van der Waals surface area contributed by atoms with Crippen molar-refractivity contribution in [3.63, 3.8) is 0 Å². The van der Waals surface area contributed by atoms with Crippen molar-refractivity contribution in [3.05, 3.63) is 23.8 Å². The number of carboxylic acid groups (broad SMARTS) is 1. The number of para-hydroxylation sites is 1. The topological polar surface area (TPSA) is 55.8 Å².